The maximum atomic E-state index is 13.0. The zero-order valence-corrected chi connectivity index (χ0v) is 17.0. The number of carbonyl (C=O) groups excluding carboxylic acids is 3. The van der Waals surface area contributed by atoms with Crippen LogP contribution in [0.3, 0.4) is 0 Å². The van der Waals surface area contributed by atoms with Crippen LogP contribution in [0.25, 0.3) is 0 Å². The molecule has 2 aromatic rings. The van der Waals surface area contributed by atoms with Crippen molar-refractivity contribution < 1.29 is 32.3 Å². The largest absolute Gasteiger partial charge is 0.496 e. The van der Waals surface area contributed by atoms with Crippen molar-refractivity contribution in [2.75, 3.05) is 19.0 Å². The number of aryl methyl sites for hydroxylation is 1. The van der Waals surface area contributed by atoms with Gasteiger partial charge < -0.3 is 15.4 Å². The molecule has 3 rings (SSSR count). The smallest absolute Gasteiger partial charge is 0.416 e. The first kappa shape index (κ1) is 22.1. The molecule has 31 heavy (non-hydrogen) atoms. The lowest BCUT2D eigenvalue weighted by molar-refractivity contribution is -0.137. The van der Waals surface area contributed by atoms with E-state index in [9.17, 15) is 27.6 Å². The first-order chi connectivity index (χ1) is 14.5. The molecule has 0 aromatic heterocycles. The van der Waals surface area contributed by atoms with Gasteiger partial charge in [0, 0.05) is 5.69 Å². The number of nitrogens with zero attached hydrogens (tertiary/aromatic N) is 1. The summed E-state index contributed by atoms with van der Waals surface area (Å²) in [6, 6.07) is 8.29. The van der Waals surface area contributed by atoms with Gasteiger partial charge in [-0.2, -0.15) is 13.2 Å². The SMILES string of the molecule is COc1ccc(C2(C)NC(=O)N(CC(=O)Nc3cccc(C(F)(F)F)c3)C2=O)cc1C. The van der Waals surface area contributed by atoms with Crippen LogP contribution in [0.1, 0.15) is 23.6 Å². The topological polar surface area (TPSA) is 87.7 Å². The number of rotatable bonds is 5. The Morgan fingerprint density at radius 2 is 1.90 bits per heavy atom. The molecule has 2 N–H and O–H groups in total. The summed E-state index contributed by atoms with van der Waals surface area (Å²) < 4.78 is 43.7. The Labute approximate surface area is 176 Å². The summed E-state index contributed by atoms with van der Waals surface area (Å²) in [5, 5.41) is 4.86. The number of imide groups is 1. The molecule has 10 heteroatoms. The van der Waals surface area contributed by atoms with Crippen LogP contribution in [0, 0.1) is 6.92 Å². The molecule has 1 fully saturated rings. The summed E-state index contributed by atoms with van der Waals surface area (Å²) in [4.78, 5) is 38.4. The molecule has 4 amide bonds. The molecule has 1 aliphatic rings. The van der Waals surface area contributed by atoms with Gasteiger partial charge in [-0.05, 0) is 55.3 Å². The van der Waals surface area contributed by atoms with E-state index in [1.54, 1.807) is 25.1 Å². The van der Waals surface area contributed by atoms with Gasteiger partial charge in [0.1, 0.15) is 17.8 Å². The second kappa shape index (κ2) is 7.93. The monoisotopic (exact) mass is 435 g/mol. The quantitative estimate of drug-likeness (QED) is 0.705. The molecule has 0 radical (unpaired) electrons. The number of ether oxygens (including phenoxy) is 1. The van der Waals surface area contributed by atoms with Crippen LogP contribution in [0.15, 0.2) is 42.5 Å². The highest BCUT2D eigenvalue weighted by molar-refractivity contribution is 6.10. The summed E-state index contributed by atoms with van der Waals surface area (Å²) in [7, 11) is 1.51. The number of urea groups is 1. The third-order valence-electron chi connectivity index (χ3n) is 5.02. The minimum atomic E-state index is -4.57. The van der Waals surface area contributed by atoms with E-state index in [0.717, 1.165) is 28.7 Å². The normalized spacial score (nSPS) is 18.7. The van der Waals surface area contributed by atoms with E-state index in [-0.39, 0.29) is 5.69 Å². The van der Waals surface area contributed by atoms with Gasteiger partial charge in [-0.25, -0.2) is 4.79 Å². The molecule has 2 aromatic carbocycles. The van der Waals surface area contributed by atoms with Crippen LogP contribution < -0.4 is 15.4 Å². The molecule has 1 atom stereocenters. The summed E-state index contributed by atoms with van der Waals surface area (Å²) in [5.74, 6) is -0.847. The Bertz CT molecular complexity index is 1050. The van der Waals surface area contributed by atoms with Gasteiger partial charge in [-0.3, -0.25) is 14.5 Å². The second-order valence-corrected chi connectivity index (χ2v) is 7.26. The summed E-state index contributed by atoms with van der Waals surface area (Å²) in [6.45, 7) is 2.65. The fourth-order valence-corrected chi connectivity index (χ4v) is 3.34. The predicted molar refractivity (Wildman–Crippen MR) is 105 cm³/mol. The molecule has 1 aliphatic heterocycles. The molecule has 164 valence electrons. The van der Waals surface area contributed by atoms with E-state index >= 15 is 0 Å². The van der Waals surface area contributed by atoms with Gasteiger partial charge in [0.15, 0.2) is 0 Å². The maximum Gasteiger partial charge on any atom is 0.416 e. The number of carbonyl (C=O) groups is 3. The van der Waals surface area contributed by atoms with Crippen LogP contribution in [-0.2, 0) is 21.3 Å². The van der Waals surface area contributed by atoms with Crippen molar-refractivity contribution in [1.29, 1.82) is 0 Å². The van der Waals surface area contributed by atoms with Gasteiger partial charge in [-0.1, -0.05) is 12.1 Å². The molecule has 1 unspecified atom stereocenters. The lowest BCUT2D eigenvalue weighted by Gasteiger charge is -2.23. The molecule has 0 saturated carbocycles. The van der Waals surface area contributed by atoms with Crippen molar-refractivity contribution in [2.24, 2.45) is 0 Å². The van der Waals surface area contributed by atoms with Gasteiger partial charge in [0.25, 0.3) is 5.91 Å². The van der Waals surface area contributed by atoms with Crippen molar-refractivity contribution >= 4 is 23.5 Å². The minimum absolute atomic E-state index is 0.0968. The van der Waals surface area contributed by atoms with Crippen LogP contribution in [-0.4, -0.2) is 36.4 Å². The zero-order chi connectivity index (χ0) is 23.0. The maximum absolute atomic E-state index is 13.0. The standard InChI is InChI=1S/C21H20F3N3O4/c1-12-9-13(7-8-16(12)31-3)20(2)18(29)27(19(30)26-20)11-17(28)25-15-6-4-5-14(10-15)21(22,23)24/h4-10H,11H2,1-3H3,(H,25,28)(H,26,30). The second-order valence-electron chi connectivity index (χ2n) is 7.26. The number of benzene rings is 2. The van der Waals surface area contributed by atoms with Crippen LogP contribution in [0.5, 0.6) is 5.75 Å². The fraction of sp³-hybridized carbons (Fsp3) is 0.286. The highest BCUT2D eigenvalue weighted by atomic mass is 19.4. The lowest BCUT2D eigenvalue weighted by Crippen LogP contribution is -2.42. The molecular weight excluding hydrogens is 415 g/mol. The number of anilines is 1. The van der Waals surface area contributed by atoms with E-state index in [4.69, 9.17) is 4.74 Å². The first-order valence-electron chi connectivity index (χ1n) is 9.22. The van der Waals surface area contributed by atoms with Crippen LogP contribution in [0.2, 0.25) is 0 Å². The predicted octanol–water partition coefficient (Wildman–Crippen LogP) is 3.43. The van der Waals surface area contributed by atoms with Crippen molar-refractivity contribution in [3.63, 3.8) is 0 Å². The van der Waals surface area contributed by atoms with Crippen LogP contribution >= 0.6 is 0 Å². The van der Waals surface area contributed by atoms with E-state index in [1.165, 1.54) is 20.1 Å². The summed E-state index contributed by atoms with van der Waals surface area (Å²) >= 11 is 0. The van der Waals surface area contributed by atoms with Gasteiger partial charge in [-0.15, -0.1) is 0 Å². The Hall–Kier alpha value is -3.56. The number of halogens is 3. The third kappa shape index (κ3) is 4.32. The van der Waals surface area contributed by atoms with E-state index in [2.05, 4.69) is 10.6 Å². The van der Waals surface area contributed by atoms with Crippen molar-refractivity contribution in [1.82, 2.24) is 10.2 Å². The van der Waals surface area contributed by atoms with Crippen molar-refractivity contribution in [2.45, 2.75) is 25.6 Å². The number of hydrogen-bond acceptors (Lipinski definition) is 4. The van der Waals surface area contributed by atoms with E-state index in [0.29, 0.717) is 11.3 Å². The molecule has 1 saturated heterocycles. The van der Waals surface area contributed by atoms with E-state index in [1.807, 2.05) is 0 Å². The molecule has 1 heterocycles. The average Bonchev–Trinajstić information content (AvgIpc) is 2.91. The van der Waals surface area contributed by atoms with Gasteiger partial charge in [0.05, 0.1) is 12.7 Å². The molecule has 0 aliphatic carbocycles. The highest BCUT2D eigenvalue weighted by Crippen LogP contribution is 2.32. The Morgan fingerprint density at radius 3 is 2.52 bits per heavy atom. The molecule has 0 bridgehead atoms. The van der Waals surface area contributed by atoms with Gasteiger partial charge in [0.2, 0.25) is 5.91 Å². The zero-order valence-electron chi connectivity index (χ0n) is 17.0. The summed E-state index contributed by atoms with van der Waals surface area (Å²) in [6.07, 6.45) is -4.57. The van der Waals surface area contributed by atoms with Gasteiger partial charge >= 0.3 is 12.2 Å². The van der Waals surface area contributed by atoms with E-state index < -0.39 is 41.7 Å². The Balaban J connectivity index is 1.76. The van der Waals surface area contributed by atoms with Crippen molar-refractivity contribution in [3.05, 3.63) is 59.2 Å². The van der Waals surface area contributed by atoms with Crippen molar-refractivity contribution in [3.8, 4) is 5.75 Å². The fourth-order valence-electron chi connectivity index (χ4n) is 3.34. The first-order valence-corrected chi connectivity index (χ1v) is 9.22. The lowest BCUT2D eigenvalue weighted by atomic mass is 9.90. The number of amides is 4. The number of methoxy groups -OCH3 is 1. The number of nitrogens with one attached hydrogen (secondary N) is 2. The number of alkyl halides is 3. The molecular formula is C21H20F3N3O4. The Kier molecular flexibility index (Phi) is 5.66. The highest BCUT2D eigenvalue weighted by Gasteiger charge is 2.49. The summed E-state index contributed by atoms with van der Waals surface area (Å²) in [5.41, 5.74) is -1.16. The molecule has 0 spiro atoms. The minimum Gasteiger partial charge on any atom is -0.496 e. The third-order valence-corrected chi connectivity index (χ3v) is 5.02. The molecule has 7 nitrogen and oxygen atoms in total. The van der Waals surface area contributed by atoms with Crippen LogP contribution in [0.4, 0.5) is 23.7 Å². The average molecular weight is 435 g/mol. The number of hydrogen-bond donors (Lipinski definition) is 2. The Morgan fingerprint density at radius 1 is 1.19 bits per heavy atom.